The second kappa shape index (κ2) is 11.9. The van der Waals surface area contributed by atoms with Gasteiger partial charge < -0.3 is 20.1 Å². The van der Waals surface area contributed by atoms with Gasteiger partial charge in [-0.1, -0.05) is 42.5 Å². The third-order valence-corrected chi connectivity index (χ3v) is 6.94. The van der Waals surface area contributed by atoms with Gasteiger partial charge in [-0.05, 0) is 61.3 Å². The van der Waals surface area contributed by atoms with Crippen LogP contribution in [-0.2, 0) is 22.6 Å². The highest BCUT2D eigenvalue weighted by Crippen LogP contribution is 2.28. The Hall–Kier alpha value is -3.62. The number of ether oxygens (including phenoxy) is 1. The van der Waals surface area contributed by atoms with Gasteiger partial charge in [0.15, 0.2) is 0 Å². The Labute approximate surface area is 210 Å². The van der Waals surface area contributed by atoms with Gasteiger partial charge in [0.05, 0.1) is 5.92 Å². The van der Waals surface area contributed by atoms with Crippen molar-refractivity contribution in [3.05, 3.63) is 71.5 Å². The van der Waals surface area contributed by atoms with Crippen molar-refractivity contribution in [2.45, 2.75) is 44.9 Å². The van der Waals surface area contributed by atoms with Crippen LogP contribution in [0.15, 0.2) is 54.6 Å². The third kappa shape index (κ3) is 6.53. The van der Waals surface area contributed by atoms with Crippen molar-refractivity contribution in [1.82, 2.24) is 15.1 Å². The lowest BCUT2D eigenvalue weighted by Crippen LogP contribution is -2.61. The molecule has 2 aromatic carbocycles. The monoisotopic (exact) mass is 497 g/mol. The molecule has 0 bridgehead atoms. The average molecular weight is 498 g/mol. The maximum Gasteiger partial charge on any atom is 0.409 e. The van der Waals surface area contributed by atoms with E-state index in [1.807, 2.05) is 30.3 Å². The second-order valence-corrected chi connectivity index (χ2v) is 9.50. The molecule has 2 fully saturated rings. The molecule has 0 radical (unpaired) electrons. The van der Waals surface area contributed by atoms with Crippen LogP contribution in [-0.4, -0.2) is 58.8 Å². The lowest BCUT2D eigenvalue weighted by Gasteiger charge is -2.42. The molecule has 3 atom stereocenters. The fourth-order valence-electron chi connectivity index (χ4n) is 5.15. The van der Waals surface area contributed by atoms with Crippen molar-refractivity contribution in [3.63, 3.8) is 0 Å². The van der Waals surface area contributed by atoms with Crippen molar-refractivity contribution in [3.8, 4) is 0 Å². The van der Waals surface area contributed by atoms with E-state index in [0.717, 1.165) is 35.3 Å². The van der Waals surface area contributed by atoms with Gasteiger partial charge in [0.1, 0.15) is 18.6 Å². The number of rotatable bonds is 6. The molecule has 2 N–H and O–H groups in total. The molecule has 2 aromatic rings. The maximum absolute atomic E-state index is 13.6. The van der Waals surface area contributed by atoms with Crippen LogP contribution in [0.4, 0.5) is 14.0 Å². The van der Waals surface area contributed by atoms with E-state index in [1.165, 1.54) is 12.1 Å². The van der Waals surface area contributed by atoms with Crippen LogP contribution in [0.25, 0.3) is 0 Å². The zero-order chi connectivity index (χ0) is 25.5. The van der Waals surface area contributed by atoms with Crippen molar-refractivity contribution in [2.75, 3.05) is 19.6 Å². The van der Waals surface area contributed by atoms with E-state index in [0.29, 0.717) is 25.9 Å². The Morgan fingerprint density at radius 3 is 2.42 bits per heavy atom. The van der Waals surface area contributed by atoms with Gasteiger partial charge in [-0.2, -0.15) is 0 Å². The fraction of sp³-hybridized carbons (Fsp3) is 0.444. The number of carbonyl (C=O) groups is 3. The molecule has 0 spiro atoms. The summed E-state index contributed by atoms with van der Waals surface area (Å²) in [6.07, 6.45) is 0.604. The lowest BCUT2D eigenvalue weighted by atomic mass is 9.88. The average Bonchev–Trinajstić information content (AvgIpc) is 2.89. The summed E-state index contributed by atoms with van der Waals surface area (Å²) in [7, 11) is 0. The van der Waals surface area contributed by atoms with Crippen molar-refractivity contribution in [1.29, 1.82) is 0 Å². The minimum absolute atomic E-state index is 0.0439. The van der Waals surface area contributed by atoms with Gasteiger partial charge in [-0.15, -0.1) is 0 Å². The maximum atomic E-state index is 13.6. The Morgan fingerprint density at radius 2 is 1.69 bits per heavy atom. The first kappa shape index (κ1) is 25.5. The Kier molecular flexibility index (Phi) is 8.40. The molecular weight excluding hydrogens is 465 g/mol. The molecule has 36 heavy (non-hydrogen) atoms. The van der Waals surface area contributed by atoms with E-state index in [2.05, 4.69) is 5.32 Å². The van der Waals surface area contributed by atoms with Crippen LogP contribution in [0.1, 0.15) is 36.8 Å². The first-order valence-corrected chi connectivity index (χ1v) is 12.4. The number of likely N-dealkylation sites (tertiary alicyclic amines) is 2. The molecule has 2 aliphatic rings. The standard InChI is InChI=1S/C27H32FN3O5/c28-22-12-10-19(11-13-22)16-21-8-4-14-30(17-21)25(32)23-9-5-15-31(27(34)35)24(23)29-26(33)36-18-20-6-2-1-3-7-20/h1-3,6-7,10-13,21,23-24H,4-5,8-9,14-18H2,(H,29,33)(H,34,35). The Morgan fingerprint density at radius 1 is 0.972 bits per heavy atom. The first-order valence-electron chi connectivity index (χ1n) is 12.4. The molecule has 0 saturated carbocycles. The summed E-state index contributed by atoms with van der Waals surface area (Å²) < 4.78 is 18.6. The van der Waals surface area contributed by atoms with Gasteiger partial charge in [0, 0.05) is 19.6 Å². The highest BCUT2D eigenvalue weighted by Gasteiger charge is 2.42. The molecule has 192 valence electrons. The first-order chi connectivity index (χ1) is 17.4. The smallest absolute Gasteiger partial charge is 0.409 e. The number of nitrogens with one attached hydrogen (secondary N) is 1. The fourth-order valence-corrected chi connectivity index (χ4v) is 5.15. The van der Waals surface area contributed by atoms with E-state index in [9.17, 15) is 23.9 Å². The van der Waals surface area contributed by atoms with Gasteiger partial charge >= 0.3 is 12.2 Å². The number of carboxylic acid groups (broad SMARTS) is 1. The molecule has 2 aliphatic heterocycles. The summed E-state index contributed by atoms with van der Waals surface area (Å²) in [5.74, 6) is -0.892. The zero-order valence-electron chi connectivity index (χ0n) is 20.1. The SMILES string of the molecule is O=C(NC1C(C(=O)N2CCCC(Cc3ccc(F)cc3)C2)CCCN1C(=O)O)OCc1ccccc1. The summed E-state index contributed by atoms with van der Waals surface area (Å²) in [6, 6.07) is 15.6. The van der Waals surface area contributed by atoms with E-state index in [-0.39, 0.29) is 30.8 Å². The lowest BCUT2D eigenvalue weighted by molar-refractivity contribution is -0.141. The van der Waals surface area contributed by atoms with Gasteiger partial charge in [-0.3, -0.25) is 9.69 Å². The normalized spacial score (nSPS) is 22.1. The third-order valence-electron chi connectivity index (χ3n) is 6.94. The number of amides is 3. The molecular formula is C27H32FN3O5. The summed E-state index contributed by atoms with van der Waals surface area (Å²) in [4.78, 5) is 41.0. The van der Waals surface area contributed by atoms with Crippen molar-refractivity contribution in [2.24, 2.45) is 11.8 Å². The molecule has 9 heteroatoms. The Bertz CT molecular complexity index is 1050. The van der Waals surface area contributed by atoms with Crippen LogP contribution in [0.3, 0.4) is 0 Å². The largest absolute Gasteiger partial charge is 0.465 e. The summed E-state index contributed by atoms with van der Waals surface area (Å²) in [5.41, 5.74) is 1.82. The van der Waals surface area contributed by atoms with Gasteiger partial charge in [0.2, 0.25) is 5.91 Å². The molecule has 2 saturated heterocycles. The Balaban J connectivity index is 1.41. The van der Waals surface area contributed by atoms with E-state index in [1.54, 1.807) is 17.0 Å². The quantitative estimate of drug-likeness (QED) is 0.622. The predicted octanol–water partition coefficient (Wildman–Crippen LogP) is 4.25. The van der Waals surface area contributed by atoms with Crippen LogP contribution >= 0.6 is 0 Å². The molecule has 4 rings (SSSR count). The predicted molar refractivity (Wildman–Crippen MR) is 130 cm³/mol. The number of benzene rings is 2. The van der Waals surface area contributed by atoms with E-state index < -0.39 is 24.3 Å². The van der Waals surface area contributed by atoms with Crippen LogP contribution in [0, 0.1) is 17.7 Å². The number of nitrogens with zero attached hydrogens (tertiary/aromatic N) is 2. The summed E-state index contributed by atoms with van der Waals surface area (Å²) in [5, 5.41) is 12.4. The molecule has 3 unspecified atom stereocenters. The van der Waals surface area contributed by atoms with E-state index >= 15 is 0 Å². The number of carbonyl (C=O) groups excluding carboxylic acids is 2. The van der Waals surface area contributed by atoms with Gasteiger partial charge in [-0.25, -0.2) is 14.0 Å². The second-order valence-electron chi connectivity index (χ2n) is 9.50. The minimum Gasteiger partial charge on any atom is -0.465 e. The van der Waals surface area contributed by atoms with Crippen molar-refractivity contribution >= 4 is 18.1 Å². The molecule has 3 amide bonds. The topological polar surface area (TPSA) is 99.2 Å². The number of piperidine rings is 2. The molecule has 8 nitrogen and oxygen atoms in total. The molecule has 0 aromatic heterocycles. The minimum atomic E-state index is -1.19. The van der Waals surface area contributed by atoms with Crippen LogP contribution in [0.2, 0.25) is 0 Å². The molecule has 2 heterocycles. The number of hydrogen-bond acceptors (Lipinski definition) is 4. The van der Waals surface area contributed by atoms with Crippen LogP contribution < -0.4 is 5.32 Å². The van der Waals surface area contributed by atoms with Crippen molar-refractivity contribution < 1.29 is 28.6 Å². The van der Waals surface area contributed by atoms with Crippen LogP contribution in [0.5, 0.6) is 0 Å². The highest BCUT2D eigenvalue weighted by molar-refractivity contribution is 5.82. The highest BCUT2D eigenvalue weighted by atomic mass is 19.1. The summed E-state index contributed by atoms with van der Waals surface area (Å²) in [6.45, 7) is 1.41. The molecule has 0 aliphatic carbocycles. The van der Waals surface area contributed by atoms with Gasteiger partial charge in [0.25, 0.3) is 0 Å². The van der Waals surface area contributed by atoms with E-state index in [4.69, 9.17) is 4.74 Å². The number of hydrogen-bond donors (Lipinski definition) is 2. The number of halogens is 1. The summed E-state index contributed by atoms with van der Waals surface area (Å²) >= 11 is 0. The zero-order valence-corrected chi connectivity index (χ0v) is 20.1. The number of alkyl carbamates (subject to hydrolysis) is 1.